The third-order valence-corrected chi connectivity index (χ3v) is 5.33. The topological polar surface area (TPSA) is 87.1 Å². The average molecular weight is 436 g/mol. The van der Waals surface area contributed by atoms with Crippen LogP contribution in [0.2, 0.25) is 5.02 Å². The molecule has 1 aliphatic rings. The Bertz CT molecular complexity index is 1200. The molecule has 1 aliphatic heterocycles. The van der Waals surface area contributed by atoms with Gasteiger partial charge in [-0.2, -0.15) is 0 Å². The Kier molecular flexibility index (Phi) is 5.40. The molecular formula is C24H18ClNO5. The smallest absolute Gasteiger partial charge is 0.300 e. The van der Waals surface area contributed by atoms with Gasteiger partial charge in [-0.1, -0.05) is 35.9 Å². The second-order valence-corrected chi connectivity index (χ2v) is 7.41. The van der Waals surface area contributed by atoms with Crippen molar-refractivity contribution in [1.29, 1.82) is 0 Å². The predicted octanol–water partition coefficient (Wildman–Crippen LogP) is 4.68. The third-order valence-electron chi connectivity index (χ3n) is 5.08. The van der Waals surface area contributed by atoms with Crippen molar-refractivity contribution in [2.45, 2.75) is 6.04 Å². The maximum Gasteiger partial charge on any atom is 0.300 e. The number of amides is 1. The van der Waals surface area contributed by atoms with E-state index in [4.69, 9.17) is 16.3 Å². The molecule has 1 heterocycles. The van der Waals surface area contributed by atoms with E-state index < -0.39 is 17.7 Å². The number of methoxy groups -OCH3 is 1. The maximum atomic E-state index is 13.1. The Morgan fingerprint density at radius 3 is 2.39 bits per heavy atom. The highest BCUT2D eigenvalue weighted by Gasteiger charge is 2.47. The van der Waals surface area contributed by atoms with Crippen LogP contribution < -0.4 is 9.64 Å². The Balaban J connectivity index is 1.95. The van der Waals surface area contributed by atoms with Crippen LogP contribution in [-0.2, 0) is 9.59 Å². The largest absolute Gasteiger partial charge is 0.508 e. The van der Waals surface area contributed by atoms with Crippen molar-refractivity contribution in [2.75, 3.05) is 12.0 Å². The molecule has 31 heavy (non-hydrogen) atoms. The van der Waals surface area contributed by atoms with E-state index in [1.54, 1.807) is 60.7 Å². The predicted molar refractivity (Wildman–Crippen MR) is 117 cm³/mol. The molecule has 0 aromatic heterocycles. The van der Waals surface area contributed by atoms with E-state index in [2.05, 4.69) is 0 Å². The highest BCUT2D eigenvalue weighted by molar-refractivity contribution is 6.51. The summed E-state index contributed by atoms with van der Waals surface area (Å²) >= 11 is 5.98. The molecule has 1 amide bonds. The number of benzene rings is 3. The number of phenolic OH excluding ortho intramolecular Hbond substituents is 1. The van der Waals surface area contributed by atoms with Gasteiger partial charge in [0.25, 0.3) is 11.7 Å². The van der Waals surface area contributed by atoms with Crippen LogP contribution in [0.5, 0.6) is 11.5 Å². The van der Waals surface area contributed by atoms with Gasteiger partial charge in [0.2, 0.25) is 0 Å². The molecule has 156 valence electrons. The van der Waals surface area contributed by atoms with Crippen LogP contribution in [0.25, 0.3) is 5.76 Å². The number of aliphatic hydroxyl groups is 1. The highest BCUT2D eigenvalue weighted by Crippen LogP contribution is 2.43. The average Bonchev–Trinajstić information content (AvgIpc) is 3.04. The third kappa shape index (κ3) is 3.73. The van der Waals surface area contributed by atoms with Crippen LogP contribution in [0.4, 0.5) is 5.69 Å². The lowest BCUT2D eigenvalue weighted by atomic mass is 9.95. The molecular weight excluding hydrogens is 418 g/mol. The number of phenols is 1. The molecule has 3 aromatic carbocycles. The zero-order valence-corrected chi connectivity index (χ0v) is 17.2. The van der Waals surface area contributed by atoms with Crippen molar-refractivity contribution in [3.05, 3.63) is 94.5 Å². The number of Topliss-reactive ketones (excluding diaryl/α,β-unsaturated/α-hetero) is 1. The lowest BCUT2D eigenvalue weighted by Crippen LogP contribution is -2.29. The molecule has 1 fully saturated rings. The fourth-order valence-corrected chi connectivity index (χ4v) is 3.76. The van der Waals surface area contributed by atoms with Crippen molar-refractivity contribution in [1.82, 2.24) is 0 Å². The van der Waals surface area contributed by atoms with E-state index in [0.29, 0.717) is 27.6 Å². The Morgan fingerprint density at radius 2 is 1.71 bits per heavy atom. The molecule has 7 heteroatoms. The van der Waals surface area contributed by atoms with Crippen molar-refractivity contribution in [3.8, 4) is 11.5 Å². The molecule has 3 aromatic rings. The number of hydrogen-bond acceptors (Lipinski definition) is 5. The number of rotatable bonds is 4. The number of aromatic hydroxyl groups is 1. The normalized spacial score (nSPS) is 17.7. The molecule has 1 atom stereocenters. The molecule has 0 radical (unpaired) electrons. The lowest BCUT2D eigenvalue weighted by molar-refractivity contribution is -0.132. The quantitative estimate of drug-likeness (QED) is 0.353. The van der Waals surface area contributed by atoms with Crippen LogP contribution >= 0.6 is 11.6 Å². The number of hydrogen-bond donors (Lipinski definition) is 2. The van der Waals surface area contributed by atoms with Crippen molar-refractivity contribution < 1.29 is 24.5 Å². The summed E-state index contributed by atoms with van der Waals surface area (Å²) in [5, 5.41) is 21.6. The standard InChI is InChI=1S/C24H18ClNO5/c1-31-19-7-3-5-15(13-19)22(28)20-21(14-4-2-6-18(27)12-14)26(24(30)23(20)29)17-10-8-16(25)9-11-17/h2-13,21,27-28H,1H3/b22-20-. The summed E-state index contributed by atoms with van der Waals surface area (Å²) < 4.78 is 5.20. The number of nitrogens with zero attached hydrogens (tertiary/aromatic N) is 1. The summed E-state index contributed by atoms with van der Waals surface area (Å²) in [4.78, 5) is 27.4. The van der Waals surface area contributed by atoms with Gasteiger partial charge in [0.05, 0.1) is 18.7 Å². The molecule has 0 spiro atoms. The van der Waals surface area contributed by atoms with Crippen LogP contribution in [-0.4, -0.2) is 29.0 Å². The van der Waals surface area contributed by atoms with Crippen LogP contribution in [0.15, 0.2) is 78.4 Å². The minimum Gasteiger partial charge on any atom is -0.508 e. The van der Waals surface area contributed by atoms with E-state index >= 15 is 0 Å². The summed E-state index contributed by atoms with van der Waals surface area (Å²) in [6, 6.07) is 18.3. The first kappa shape index (κ1) is 20.5. The van der Waals surface area contributed by atoms with Crippen molar-refractivity contribution >= 4 is 34.7 Å². The Hall–Kier alpha value is -3.77. The highest BCUT2D eigenvalue weighted by atomic mass is 35.5. The molecule has 1 unspecified atom stereocenters. The van der Waals surface area contributed by atoms with Crippen LogP contribution in [0, 0.1) is 0 Å². The minimum absolute atomic E-state index is 0.0272. The van der Waals surface area contributed by atoms with E-state index in [-0.39, 0.29) is 17.1 Å². The number of carbonyl (C=O) groups is 2. The SMILES string of the molecule is COc1cccc(/C(O)=C2/C(=O)C(=O)N(c3ccc(Cl)cc3)C2c2cccc(O)c2)c1. The van der Waals surface area contributed by atoms with Gasteiger partial charge in [0.1, 0.15) is 17.3 Å². The maximum absolute atomic E-state index is 13.1. The number of aliphatic hydroxyl groups excluding tert-OH is 1. The van der Waals surface area contributed by atoms with Gasteiger partial charge >= 0.3 is 0 Å². The molecule has 6 nitrogen and oxygen atoms in total. The molecule has 1 saturated heterocycles. The number of ketones is 1. The second-order valence-electron chi connectivity index (χ2n) is 6.97. The molecule has 0 saturated carbocycles. The lowest BCUT2D eigenvalue weighted by Gasteiger charge is -2.25. The van der Waals surface area contributed by atoms with Gasteiger partial charge in [-0.05, 0) is 54.1 Å². The van der Waals surface area contributed by atoms with Gasteiger partial charge in [-0.15, -0.1) is 0 Å². The van der Waals surface area contributed by atoms with Gasteiger partial charge in [0.15, 0.2) is 0 Å². The van der Waals surface area contributed by atoms with Crippen molar-refractivity contribution in [2.24, 2.45) is 0 Å². The number of halogens is 1. The van der Waals surface area contributed by atoms with Crippen LogP contribution in [0.3, 0.4) is 0 Å². The molecule has 4 rings (SSSR count). The first-order chi connectivity index (χ1) is 14.9. The zero-order valence-electron chi connectivity index (χ0n) is 16.4. The summed E-state index contributed by atoms with van der Waals surface area (Å²) in [5.74, 6) is -1.49. The first-order valence-electron chi connectivity index (χ1n) is 9.40. The minimum atomic E-state index is -0.945. The van der Waals surface area contributed by atoms with Gasteiger partial charge < -0.3 is 14.9 Å². The van der Waals surface area contributed by atoms with E-state index in [0.717, 1.165) is 0 Å². The van der Waals surface area contributed by atoms with Crippen molar-refractivity contribution in [3.63, 3.8) is 0 Å². The number of ether oxygens (including phenoxy) is 1. The summed E-state index contributed by atoms with van der Waals surface area (Å²) in [6.45, 7) is 0. The van der Waals surface area contributed by atoms with Gasteiger partial charge in [-0.25, -0.2) is 0 Å². The zero-order chi connectivity index (χ0) is 22.1. The number of anilines is 1. The number of carbonyl (C=O) groups excluding carboxylic acids is 2. The Morgan fingerprint density at radius 1 is 1.00 bits per heavy atom. The fourth-order valence-electron chi connectivity index (χ4n) is 3.64. The first-order valence-corrected chi connectivity index (χ1v) is 9.78. The summed E-state index contributed by atoms with van der Waals surface area (Å²) in [7, 11) is 1.49. The summed E-state index contributed by atoms with van der Waals surface area (Å²) in [6.07, 6.45) is 0. The molecule has 2 N–H and O–H groups in total. The van der Waals surface area contributed by atoms with Gasteiger partial charge in [0, 0.05) is 16.3 Å². The second kappa shape index (κ2) is 8.16. The van der Waals surface area contributed by atoms with E-state index in [1.807, 2.05) is 0 Å². The molecule has 0 aliphatic carbocycles. The van der Waals surface area contributed by atoms with E-state index in [9.17, 15) is 19.8 Å². The monoisotopic (exact) mass is 435 g/mol. The van der Waals surface area contributed by atoms with Crippen LogP contribution in [0.1, 0.15) is 17.2 Å². The molecule has 0 bridgehead atoms. The fraction of sp³-hybridized carbons (Fsp3) is 0.0833. The van der Waals surface area contributed by atoms with Gasteiger partial charge in [-0.3, -0.25) is 14.5 Å². The van der Waals surface area contributed by atoms with E-state index in [1.165, 1.54) is 24.1 Å². The Labute approximate surface area is 183 Å². The summed E-state index contributed by atoms with van der Waals surface area (Å²) in [5.41, 5.74) is 1.15.